The molecule has 0 unspecified atom stereocenters. The number of carbonyl (C=O) groups is 1. The number of aromatic nitrogens is 5. The van der Waals surface area contributed by atoms with Crippen LogP contribution in [0.1, 0.15) is 29.2 Å². The van der Waals surface area contributed by atoms with E-state index in [9.17, 15) is 4.79 Å². The first kappa shape index (κ1) is 22.1. The molecular weight excluding hydrogens is 456 g/mol. The van der Waals surface area contributed by atoms with Gasteiger partial charge in [-0.2, -0.15) is 5.10 Å². The van der Waals surface area contributed by atoms with Gasteiger partial charge in [0.05, 0.1) is 24.2 Å². The molecule has 0 spiro atoms. The second-order valence-corrected chi connectivity index (χ2v) is 8.88. The Morgan fingerprint density at radius 1 is 1.14 bits per heavy atom. The Morgan fingerprint density at radius 3 is 2.83 bits per heavy atom. The fraction of sp³-hybridized carbons (Fsp3) is 0.231. The van der Waals surface area contributed by atoms with Crippen molar-refractivity contribution in [3.8, 4) is 17.0 Å². The first-order valence-electron chi connectivity index (χ1n) is 11.9. The normalized spacial score (nSPS) is 14.4. The Labute approximate surface area is 206 Å². The number of amides is 1. The first-order valence-corrected chi connectivity index (χ1v) is 11.9. The van der Waals surface area contributed by atoms with Crippen molar-refractivity contribution in [2.24, 2.45) is 0 Å². The lowest BCUT2D eigenvalue weighted by Gasteiger charge is -2.23. The molecule has 0 bridgehead atoms. The summed E-state index contributed by atoms with van der Waals surface area (Å²) >= 11 is 0. The van der Waals surface area contributed by atoms with Gasteiger partial charge < -0.3 is 26.1 Å². The minimum Gasteiger partial charge on any atom is -0.495 e. The zero-order valence-corrected chi connectivity index (χ0v) is 19.8. The standard InChI is InChI=1S/C26H26N8O2/c1-36-21-13-16(4-5-19(21)32-26(35)17-3-2-15-6-11-29-20(15)12-17)23-22-24(27)30-14-31-25(22)34(33-23)18-7-9-28-10-8-18/h2-6,11-14,18,28-29H,7-10H2,1H3,(H,32,35)(H2,27,30,31). The number of nitrogen functional groups attached to an aromatic ring is 1. The Kier molecular flexibility index (Phi) is 5.49. The van der Waals surface area contributed by atoms with Crippen molar-refractivity contribution >= 4 is 39.3 Å². The Morgan fingerprint density at radius 2 is 2.00 bits per heavy atom. The number of ether oxygens (including phenoxy) is 1. The van der Waals surface area contributed by atoms with Gasteiger partial charge in [0, 0.05) is 22.8 Å². The third kappa shape index (κ3) is 3.81. The number of nitrogens with zero attached hydrogens (tertiary/aromatic N) is 4. The van der Waals surface area contributed by atoms with E-state index < -0.39 is 0 Å². The van der Waals surface area contributed by atoms with E-state index in [4.69, 9.17) is 15.6 Å². The third-order valence-electron chi connectivity index (χ3n) is 6.71. The van der Waals surface area contributed by atoms with E-state index in [1.807, 2.05) is 47.3 Å². The number of piperidine rings is 1. The molecule has 1 fully saturated rings. The van der Waals surface area contributed by atoms with Crippen LogP contribution >= 0.6 is 0 Å². The Hall–Kier alpha value is -4.44. The molecule has 6 rings (SSSR count). The molecule has 10 heteroatoms. The van der Waals surface area contributed by atoms with Gasteiger partial charge in [-0.05, 0) is 61.6 Å². The molecule has 1 aliphatic rings. The van der Waals surface area contributed by atoms with E-state index in [0.29, 0.717) is 33.9 Å². The van der Waals surface area contributed by atoms with Crippen LogP contribution in [0.15, 0.2) is 55.0 Å². The Balaban J connectivity index is 1.36. The molecule has 5 N–H and O–H groups in total. The van der Waals surface area contributed by atoms with Crippen LogP contribution in [0, 0.1) is 0 Å². The summed E-state index contributed by atoms with van der Waals surface area (Å²) in [5, 5.41) is 13.1. The fourth-order valence-electron chi connectivity index (χ4n) is 4.83. The van der Waals surface area contributed by atoms with Crippen molar-refractivity contribution in [3.63, 3.8) is 0 Å². The summed E-state index contributed by atoms with van der Waals surface area (Å²) in [5.74, 6) is 0.670. The SMILES string of the molecule is COc1cc(-c2nn(C3CCNCC3)c3ncnc(N)c23)ccc1NC(=O)c1ccc2cc[nH]c2c1. The summed E-state index contributed by atoms with van der Waals surface area (Å²) in [5.41, 5.74) is 10.5. The average molecular weight is 483 g/mol. The molecule has 182 valence electrons. The first-order chi connectivity index (χ1) is 17.6. The average Bonchev–Trinajstić information content (AvgIpc) is 3.54. The van der Waals surface area contributed by atoms with Crippen LogP contribution in [0.5, 0.6) is 5.75 Å². The van der Waals surface area contributed by atoms with Crippen LogP contribution in [-0.2, 0) is 0 Å². The molecule has 5 aromatic rings. The maximum absolute atomic E-state index is 13.0. The maximum atomic E-state index is 13.0. The van der Waals surface area contributed by atoms with Crippen LogP contribution in [0.4, 0.5) is 11.5 Å². The van der Waals surface area contributed by atoms with Crippen molar-refractivity contribution in [1.29, 1.82) is 0 Å². The molecule has 0 radical (unpaired) electrons. The number of H-pyrrole nitrogens is 1. The van der Waals surface area contributed by atoms with Gasteiger partial charge in [-0.1, -0.05) is 12.1 Å². The molecule has 0 aliphatic carbocycles. The highest BCUT2D eigenvalue weighted by Gasteiger charge is 2.24. The van der Waals surface area contributed by atoms with Gasteiger partial charge >= 0.3 is 0 Å². The van der Waals surface area contributed by atoms with E-state index in [1.54, 1.807) is 13.2 Å². The summed E-state index contributed by atoms with van der Waals surface area (Å²) < 4.78 is 7.62. The van der Waals surface area contributed by atoms with Gasteiger partial charge in [0.2, 0.25) is 0 Å². The lowest BCUT2D eigenvalue weighted by atomic mass is 10.1. The summed E-state index contributed by atoms with van der Waals surface area (Å²) in [6, 6.07) is 13.3. The monoisotopic (exact) mass is 482 g/mol. The summed E-state index contributed by atoms with van der Waals surface area (Å²) in [6.07, 6.45) is 5.25. The second kappa shape index (κ2) is 8.97. The zero-order chi connectivity index (χ0) is 24.6. The largest absolute Gasteiger partial charge is 0.495 e. The van der Waals surface area contributed by atoms with Crippen molar-refractivity contribution in [3.05, 3.63) is 60.6 Å². The molecule has 2 aromatic carbocycles. The quantitative estimate of drug-likeness (QED) is 0.300. The van der Waals surface area contributed by atoms with Crippen molar-refractivity contribution in [2.45, 2.75) is 18.9 Å². The third-order valence-corrected chi connectivity index (χ3v) is 6.71. The van der Waals surface area contributed by atoms with E-state index >= 15 is 0 Å². The highest BCUT2D eigenvalue weighted by molar-refractivity contribution is 6.07. The van der Waals surface area contributed by atoms with Gasteiger partial charge in [0.15, 0.2) is 5.65 Å². The number of nitrogens with two attached hydrogens (primary N) is 1. The molecule has 1 aliphatic heterocycles. The number of nitrogens with one attached hydrogen (secondary N) is 3. The molecule has 10 nitrogen and oxygen atoms in total. The fourth-order valence-corrected chi connectivity index (χ4v) is 4.83. The van der Waals surface area contributed by atoms with Gasteiger partial charge in [-0.25, -0.2) is 14.6 Å². The van der Waals surface area contributed by atoms with E-state index in [0.717, 1.165) is 48.0 Å². The summed E-state index contributed by atoms with van der Waals surface area (Å²) in [6.45, 7) is 1.86. The second-order valence-electron chi connectivity index (χ2n) is 8.88. The number of carbonyl (C=O) groups excluding carboxylic acids is 1. The number of rotatable bonds is 5. The topological polar surface area (TPSA) is 136 Å². The lowest BCUT2D eigenvalue weighted by molar-refractivity contribution is 0.102. The van der Waals surface area contributed by atoms with E-state index in [2.05, 4.69) is 25.6 Å². The van der Waals surface area contributed by atoms with Gasteiger partial charge in [0.25, 0.3) is 5.91 Å². The van der Waals surface area contributed by atoms with Crippen LogP contribution in [0.3, 0.4) is 0 Å². The van der Waals surface area contributed by atoms with Gasteiger partial charge in [0.1, 0.15) is 23.6 Å². The predicted octanol–water partition coefficient (Wildman–Crippen LogP) is 3.74. The smallest absolute Gasteiger partial charge is 0.255 e. The molecule has 0 atom stereocenters. The molecular formula is C26H26N8O2. The number of fused-ring (bicyclic) bond motifs is 2. The highest BCUT2D eigenvalue weighted by Crippen LogP contribution is 2.37. The van der Waals surface area contributed by atoms with Crippen molar-refractivity contribution < 1.29 is 9.53 Å². The van der Waals surface area contributed by atoms with E-state index in [1.165, 1.54) is 6.33 Å². The van der Waals surface area contributed by atoms with Crippen molar-refractivity contribution in [2.75, 3.05) is 31.2 Å². The summed E-state index contributed by atoms with van der Waals surface area (Å²) in [7, 11) is 1.57. The number of hydrogen-bond donors (Lipinski definition) is 4. The summed E-state index contributed by atoms with van der Waals surface area (Å²) in [4.78, 5) is 24.8. The van der Waals surface area contributed by atoms with Crippen LogP contribution < -0.4 is 21.1 Å². The number of hydrogen-bond acceptors (Lipinski definition) is 7. The lowest BCUT2D eigenvalue weighted by Crippen LogP contribution is -2.30. The number of methoxy groups -OCH3 is 1. The molecule has 4 heterocycles. The molecule has 3 aromatic heterocycles. The predicted molar refractivity (Wildman–Crippen MR) is 139 cm³/mol. The molecule has 1 amide bonds. The van der Waals surface area contributed by atoms with Crippen LogP contribution in [0.25, 0.3) is 33.2 Å². The number of aromatic amines is 1. The van der Waals surface area contributed by atoms with Gasteiger partial charge in [-0.3, -0.25) is 4.79 Å². The highest BCUT2D eigenvalue weighted by atomic mass is 16.5. The molecule has 1 saturated heterocycles. The minimum absolute atomic E-state index is 0.226. The van der Waals surface area contributed by atoms with Crippen LogP contribution in [-0.4, -0.2) is 50.8 Å². The number of benzene rings is 2. The number of anilines is 2. The molecule has 0 saturated carbocycles. The van der Waals surface area contributed by atoms with Crippen molar-refractivity contribution in [1.82, 2.24) is 30.0 Å². The van der Waals surface area contributed by atoms with E-state index in [-0.39, 0.29) is 11.9 Å². The van der Waals surface area contributed by atoms with Crippen LogP contribution in [0.2, 0.25) is 0 Å². The minimum atomic E-state index is -0.226. The maximum Gasteiger partial charge on any atom is 0.255 e. The Bertz CT molecular complexity index is 1580. The zero-order valence-electron chi connectivity index (χ0n) is 19.8. The van der Waals surface area contributed by atoms with Gasteiger partial charge in [-0.15, -0.1) is 0 Å². The molecule has 36 heavy (non-hydrogen) atoms.